The Morgan fingerprint density at radius 1 is 1.41 bits per heavy atom. The largest absolute Gasteiger partial charge is 0.341 e. The first-order valence-corrected chi connectivity index (χ1v) is 7.56. The summed E-state index contributed by atoms with van der Waals surface area (Å²) in [4.78, 5) is 25.7. The average Bonchev–Trinajstić information content (AvgIpc) is 2.50. The molecule has 1 saturated heterocycles. The number of anilines is 1. The molecule has 1 heterocycles. The Bertz CT molecular complexity index is 572. The van der Waals surface area contributed by atoms with Crippen molar-refractivity contribution in [2.24, 2.45) is 11.7 Å². The molecule has 0 bridgehead atoms. The highest BCUT2D eigenvalue weighted by Gasteiger charge is 2.28. The molecule has 1 aromatic carbocycles. The summed E-state index contributed by atoms with van der Waals surface area (Å²) in [7, 11) is 0. The Kier molecular flexibility index (Phi) is 5.37. The van der Waals surface area contributed by atoms with E-state index in [-0.39, 0.29) is 22.8 Å². The summed E-state index contributed by atoms with van der Waals surface area (Å²) in [6, 6.07) is 3.53. The molecule has 0 unspecified atom stereocenters. The number of nitrogens with two attached hydrogens (primary N) is 1. The Morgan fingerprint density at radius 3 is 2.59 bits per heavy atom. The number of carbonyl (C=O) groups excluding carboxylic acids is 2. The minimum Gasteiger partial charge on any atom is -0.341 e. The van der Waals surface area contributed by atoms with E-state index in [9.17, 15) is 14.0 Å². The summed E-state index contributed by atoms with van der Waals surface area (Å²) in [5.41, 5.74) is 6.04. The van der Waals surface area contributed by atoms with Crippen LogP contribution in [0.3, 0.4) is 0 Å². The first kappa shape index (κ1) is 16.7. The van der Waals surface area contributed by atoms with Gasteiger partial charge >= 0.3 is 0 Å². The number of halogens is 2. The highest BCUT2D eigenvalue weighted by molar-refractivity contribution is 6.31. The summed E-state index contributed by atoms with van der Waals surface area (Å²) in [5.74, 6) is -0.942. The van der Waals surface area contributed by atoms with Crippen LogP contribution < -0.4 is 11.1 Å². The molecule has 1 aliphatic rings. The van der Waals surface area contributed by atoms with Gasteiger partial charge in [-0.2, -0.15) is 0 Å². The zero-order chi connectivity index (χ0) is 16.3. The second kappa shape index (κ2) is 7.07. The average molecular weight is 328 g/mol. The van der Waals surface area contributed by atoms with Gasteiger partial charge in [0.15, 0.2) is 0 Å². The number of rotatable bonds is 3. The standard InChI is InChI=1S/C15H19ClFN3O2/c1-9(18)15(22)20-6-4-10(5-7-20)14(21)19-11-2-3-13(17)12(16)8-11/h2-3,8-10H,4-7,18H2,1H3,(H,19,21)/t9-/m0/s1. The van der Waals surface area contributed by atoms with Gasteiger partial charge in [-0.15, -0.1) is 0 Å². The molecular formula is C15H19ClFN3O2. The lowest BCUT2D eigenvalue weighted by atomic mass is 9.95. The summed E-state index contributed by atoms with van der Waals surface area (Å²) < 4.78 is 13.1. The van der Waals surface area contributed by atoms with E-state index in [0.29, 0.717) is 31.6 Å². The molecule has 1 aliphatic heterocycles. The SMILES string of the molecule is C[C@H](N)C(=O)N1CCC(C(=O)Nc2ccc(F)c(Cl)c2)CC1. The Hall–Kier alpha value is -1.66. The van der Waals surface area contributed by atoms with Crippen molar-refractivity contribution >= 4 is 29.1 Å². The zero-order valence-electron chi connectivity index (χ0n) is 12.3. The highest BCUT2D eigenvalue weighted by atomic mass is 35.5. The van der Waals surface area contributed by atoms with Gasteiger partial charge in [-0.3, -0.25) is 9.59 Å². The Balaban J connectivity index is 1.89. The molecule has 0 saturated carbocycles. The second-order valence-corrected chi connectivity index (χ2v) is 5.91. The monoisotopic (exact) mass is 327 g/mol. The number of piperidine rings is 1. The van der Waals surface area contributed by atoms with Gasteiger partial charge in [-0.25, -0.2) is 4.39 Å². The fourth-order valence-corrected chi connectivity index (χ4v) is 2.65. The quantitative estimate of drug-likeness (QED) is 0.891. The van der Waals surface area contributed by atoms with Gasteiger partial charge in [-0.05, 0) is 38.0 Å². The molecule has 5 nitrogen and oxygen atoms in total. The van der Waals surface area contributed by atoms with Gasteiger partial charge < -0.3 is 16.0 Å². The van der Waals surface area contributed by atoms with E-state index in [1.165, 1.54) is 18.2 Å². The third kappa shape index (κ3) is 3.96. The molecular weight excluding hydrogens is 309 g/mol. The molecule has 22 heavy (non-hydrogen) atoms. The Morgan fingerprint density at radius 2 is 2.05 bits per heavy atom. The van der Waals surface area contributed by atoms with Crippen LogP contribution >= 0.6 is 11.6 Å². The van der Waals surface area contributed by atoms with Crippen LogP contribution in [-0.2, 0) is 9.59 Å². The molecule has 7 heteroatoms. The van der Waals surface area contributed by atoms with Crippen molar-refractivity contribution in [3.63, 3.8) is 0 Å². The van der Waals surface area contributed by atoms with Crippen LogP contribution in [0.1, 0.15) is 19.8 Å². The van der Waals surface area contributed by atoms with Crippen molar-refractivity contribution in [3.8, 4) is 0 Å². The maximum absolute atomic E-state index is 13.1. The van der Waals surface area contributed by atoms with E-state index in [1.807, 2.05) is 0 Å². The van der Waals surface area contributed by atoms with Crippen LogP contribution in [0.5, 0.6) is 0 Å². The lowest BCUT2D eigenvalue weighted by Crippen LogP contribution is -2.47. The molecule has 1 fully saturated rings. The summed E-state index contributed by atoms with van der Waals surface area (Å²) >= 11 is 5.68. The second-order valence-electron chi connectivity index (χ2n) is 5.51. The predicted octanol–water partition coefficient (Wildman–Crippen LogP) is 2.00. The maximum atomic E-state index is 13.1. The first-order chi connectivity index (χ1) is 10.4. The van der Waals surface area contributed by atoms with E-state index in [2.05, 4.69) is 5.32 Å². The van der Waals surface area contributed by atoms with E-state index < -0.39 is 11.9 Å². The smallest absolute Gasteiger partial charge is 0.239 e. The number of hydrogen-bond donors (Lipinski definition) is 2. The highest BCUT2D eigenvalue weighted by Crippen LogP contribution is 2.22. The topological polar surface area (TPSA) is 75.4 Å². The molecule has 0 spiro atoms. The van der Waals surface area contributed by atoms with Crippen molar-refractivity contribution in [3.05, 3.63) is 29.0 Å². The number of benzene rings is 1. The van der Waals surface area contributed by atoms with Crippen molar-refractivity contribution in [1.82, 2.24) is 4.90 Å². The lowest BCUT2D eigenvalue weighted by molar-refractivity contribution is -0.135. The number of amides is 2. The van der Waals surface area contributed by atoms with E-state index in [1.54, 1.807) is 11.8 Å². The fraction of sp³-hybridized carbons (Fsp3) is 0.467. The van der Waals surface area contributed by atoms with Crippen LogP contribution in [-0.4, -0.2) is 35.8 Å². The van der Waals surface area contributed by atoms with Crippen LogP contribution in [0.25, 0.3) is 0 Å². The number of hydrogen-bond acceptors (Lipinski definition) is 3. The number of nitrogens with one attached hydrogen (secondary N) is 1. The molecule has 1 atom stereocenters. The lowest BCUT2D eigenvalue weighted by Gasteiger charge is -2.32. The molecule has 0 aliphatic carbocycles. The van der Waals surface area contributed by atoms with E-state index >= 15 is 0 Å². The van der Waals surface area contributed by atoms with Gasteiger partial charge in [0.25, 0.3) is 0 Å². The molecule has 3 N–H and O–H groups in total. The normalized spacial score (nSPS) is 17.2. The van der Waals surface area contributed by atoms with Crippen LogP contribution in [0, 0.1) is 11.7 Å². The molecule has 2 rings (SSSR count). The number of likely N-dealkylation sites (tertiary alicyclic amines) is 1. The first-order valence-electron chi connectivity index (χ1n) is 7.18. The van der Waals surface area contributed by atoms with Crippen LogP contribution in [0.2, 0.25) is 5.02 Å². The summed E-state index contributed by atoms with van der Waals surface area (Å²) in [6.07, 6.45) is 1.17. The molecule has 0 radical (unpaired) electrons. The van der Waals surface area contributed by atoms with Gasteiger partial charge in [0.05, 0.1) is 11.1 Å². The van der Waals surface area contributed by atoms with Gasteiger partial charge in [0.1, 0.15) is 5.82 Å². The fourth-order valence-electron chi connectivity index (χ4n) is 2.47. The van der Waals surface area contributed by atoms with E-state index in [4.69, 9.17) is 17.3 Å². The minimum absolute atomic E-state index is 0.0323. The van der Waals surface area contributed by atoms with Crippen LogP contribution in [0.4, 0.5) is 10.1 Å². The minimum atomic E-state index is -0.526. The van der Waals surface area contributed by atoms with Crippen molar-refractivity contribution < 1.29 is 14.0 Å². The van der Waals surface area contributed by atoms with Gasteiger partial charge in [0.2, 0.25) is 11.8 Å². The van der Waals surface area contributed by atoms with Crippen molar-refractivity contribution in [2.75, 3.05) is 18.4 Å². The molecule has 1 aromatic rings. The third-order valence-electron chi connectivity index (χ3n) is 3.75. The number of carbonyl (C=O) groups is 2. The van der Waals surface area contributed by atoms with Crippen LogP contribution in [0.15, 0.2) is 18.2 Å². The third-order valence-corrected chi connectivity index (χ3v) is 4.04. The molecule has 0 aromatic heterocycles. The predicted molar refractivity (Wildman–Crippen MR) is 83.0 cm³/mol. The zero-order valence-corrected chi connectivity index (χ0v) is 13.1. The van der Waals surface area contributed by atoms with E-state index in [0.717, 1.165) is 0 Å². The summed E-state index contributed by atoms with van der Waals surface area (Å²) in [5, 5.41) is 2.70. The Labute approximate surface area is 133 Å². The van der Waals surface area contributed by atoms with Gasteiger partial charge in [-0.1, -0.05) is 11.6 Å². The van der Waals surface area contributed by atoms with Gasteiger partial charge in [0, 0.05) is 24.7 Å². The maximum Gasteiger partial charge on any atom is 0.239 e. The number of nitrogens with zero attached hydrogens (tertiary/aromatic N) is 1. The summed E-state index contributed by atoms with van der Waals surface area (Å²) in [6.45, 7) is 2.69. The van der Waals surface area contributed by atoms with Crippen molar-refractivity contribution in [1.29, 1.82) is 0 Å². The van der Waals surface area contributed by atoms with Crippen molar-refractivity contribution in [2.45, 2.75) is 25.8 Å². The molecule has 2 amide bonds. The molecule has 120 valence electrons.